The molecular formula is C18H22FN. The molecule has 1 N–H and O–H groups in total. The lowest BCUT2D eigenvalue weighted by atomic mass is 9.96. The van der Waals surface area contributed by atoms with Crippen molar-refractivity contribution in [2.45, 2.75) is 33.7 Å². The standard InChI is InChI=1S/C18H22FN/c1-4-8-20-12-15-6-5-7-16(11-15)18-14(3)9-13(2)10-17(18)19/h5-7,9-11,20H,4,8,12H2,1-3H3. The van der Waals surface area contributed by atoms with E-state index in [-0.39, 0.29) is 5.82 Å². The summed E-state index contributed by atoms with van der Waals surface area (Å²) in [6.07, 6.45) is 1.12. The first-order valence-corrected chi connectivity index (χ1v) is 7.18. The summed E-state index contributed by atoms with van der Waals surface area (Å²) in [5.41, 5.74) is 4.81. The molecule has 2 heteroatoms. The van der Waals surface area contributed by atoms with Crippen LogP contribution in [0.5, 0.6) is 0 Å². The van der Waals surface area contributed by atoms with Crippen LogP contribution in [0.25, 0.3) is 11.1 Å². The summed E-state index contributed by atoms with van der Waals surface area (Å²) < 4.78 is 14.2. The SMILES string of the molecule is CCCNCc1cccc(-c2c(C)cc(C)cc2F)c1. The minimum absolute atomic E-state index is 0.138. The van der Waals surface area contributed by atoms with Crippen LogP contribution >= 0.6 is 0 Å². The fraction of sp³-hybridized carbons (Fsp3) is 0.333. The molecule has 106 valence electrons. The van der Waals surface area contributed by atoms with Gasteiger partial charge in [0.2, 0.25) is 0 Å². The van der Waals surface area contributed by atoms with Gasteiger partial charge in [-0.25, -0.2) is 4.39 Å². The summed E-state index contributed by atoms with van der Waals surface area (Å²) >= 11 is 0. The molecule has 0 aliphatic rings. The van der Waals surface area contributed by atoms with E-state index >= 15 is 0 Å². The first kappa shape index (κ1) is 14.7. The van der Waals surface area contributed by atoms with Crippen molar-refractivity contribution in [3.05, 3.63) is 58.9 Å². The van der Waals surface area contributed by atoms with E-state index in [4.69, 9.17) is 0 Å². The van der Waals surface area contributed by atoms with Gasteiger partial charge in [-0.05, 0) is 61.2 Å². The Bertz CT molecular complexity index is 567. The zero-order valence-electron chi connectivity index (χ0n) is 12.5. The fourth-order valence-electron chi connectivity index (χ4n) is 2.53. The van der Waals surface area contributed by atoms with Crippen molar-refractivity contribution in [3.8, 4) is 11.1 Å². The third kappa shape index (κ3) is 3.45. The normalized spacial score (nSPS) is 10.8. The van der Waals surface area contributed by atoms with Crippen LogP contribution in [0.4, 0.5) is 4.39 Å². The number of aryl methyl sites for hydroxylation is 2. The number of halogens is 1. The van der Waals surface area contributed by atoms with Crippen LogP contribution in [0.3, 0.4) is 0 Å². The summed E-state index contributed by atoms with van der Waals surface area (Å²) in [5, 5.41) is 3.37. The van der Waals surface area contributed by atoms with Crippen LogP contribution in [0, 0.1) is 19.7 Å². The second kappa shape index (κ2) is 6.67. The molecule has 20 heavy (non-hydrogen) atoms. The number of rotatable bonds is 5. The van der Waals surface area contributed by atoms with E-state index in [9.17, 15) is 4.39 Å². The van der Waals surface area contributed by atoms with Crippen LogP contribution in [0.1, 0.15) is 30.0 Å². The first-order valence-electron chi connectivity index (χ1n) is 7.18. The Balaban J connectivity index is 2.31. The van der Waals surface area contributed by atoms with Gasteiger partial charge in [0.05, 0.1) is 0 Å². The number of benzene rings is 2. The van der Waals surface area contributed by atoms with Gasteiger partial charge in [-0.15, -0.1) is 0 Å². The average molecular weight is 271 g/mol. The maximum absolute atomic E-state index is 14.2. The van der Waals surface area contributed by atoms with Gasteiger partial charge in [0.1, 0.15) is 5.82 Å². The largest absolute Gasteiger partial charge is 0.313 e. The average Bonchev–Trinajstić information content (AvgIpc) is 2.38. The van der Waals surface area contributed by atoms with Crippen molar-refractivity contribution in [2.75, 3.05) is 6.54 Å². The number of nitrogens with one attached hydrogen (secondary N) is 1. The Kier molecular flexibility index (Phi) is 4.91. The molecule has 0 radical (unpaired) electrons. The second-order valence-electron chi connectivity index (χ2n) is 5.32. The van der Waals surface area contributed by atoms with E-state index < -0.39 is 0 Å². The van der Waals surface area contributed by atoms with Gasteiger partial charge in [0, 0.05) is 12.1 Å². The fourth-order valence-corrected chi connectivity index (χ4v) is 2.53. The second-order valence-corrected chi connectivity index (χ2v) is 5.32. The quantitative estimate of drug-likeness (QED) is 0.783. The van der Waals surface area contributed by atoms with Gasteiger partial charge in [-0.1, -0.05) is 31.2 Å². The predicted molar refractivity (Wildman–Crippen MR) is 83.3 cm³/mol. The maximum atomic E-state index is 14.2. The minimum atomic E-state index is -0.138. The third-order valence-electron chi connectivity index (χ3n) is 3.40. The highest BCUT2D eigenvalue weighted by Crippen LogP contribution is 2.28. The summed E-state index contributed by atoms with van der Waals surface area (Å²) in [6.45, 7) is 7.86. The number of hydrogen-bond acceptors (Lipinski definition) is 1. The predicted octanol–water partition coefficient (Wildman–Crippen LogP) is 4.61. The van der Waals surface area contributed by atoms with Crippen LogP contribution in [0.15, 0.2) is 36.4 Å². The molecule has 0 saturated heterocycles. The number of hydrogen-bond donors (Lipinski definition) is 1. The van der Waals surface area contributed by atoms with Crippen molar-refractivity contribution in [1.29, 1.82) is 0 Å². The Morgan fingerprint density at radius 2 is 1.90 bits per heavy atom. The molecule has 2 aromatic rings. The molecule has 1 nitrogen and oxygen atoms in total. The van der Waals surface area contributed by atoms with Crippen molar-refractivity contribution in [3.63, 3.8) is 0 Å². The smallest absolute Gasteiger partial charge is 0.131 e. The van der Waals surface area contributed by atoms with Crippen molar-refractivity contribution >= 4 is 0 Å². The molecule has 0 aromatic heterocycles. The van der Waals surface area contributed by atoms with Gasteiger partial charge in [0.15, 0.2) is 0 Å². The third-order valence-corrected chi connectivity index (χ3v) is 3.40. The first-order chi connectivity index (χ1) is 9.61. The van der Waals surface area contributed by atoms with E-state index in [0.29, 0.717) is 5.56 Å². The van der Waals surface area contributed by atoms with E-state index in [0.717, 1.165) is 36.2 Å². The van der Waals surface area contributed by atoms with Crippen molar-refractivity contribution in [1.82, 2.24) is 5.32 Å². The Morgan fingerprint density at radius 3 is 2.60 bits per heavy atom. The zero-order chi connectivity index (χ0) is 14.5. The lowest BCUT2D eigenvalue weighted by molar-refractivity contribution is 0.629. The van der Waals surface area contributed by atoms with Gasteiger partial charge in [-0.3, -0.25) is 0 Å². The van der Waals surface area contributed by atoms with Crippen LogP contribution < -0.4 is 5.32 Å². The van der Waals surface area contributed by atoms with E-state index in [2.05, 4.69) is 24.4 Å². The van der Waals surface area contributed by atoms with Crippen LogP contribution in [0.2, 0.25) is 0 Å². The molecule has 2 rings (SSSR count). The molecule has 0 bridgehead atoms. The molecule has 0 heterocycles. The Hall–Kier alpha value is -1.67. The van der Waals surface area contributed by atoms with Gasteiger partial charge < -0.3 is 5.32 Å². The molecule has 0 saturated carbocycles. The molecule has 0 fully saturated rings. The molecule has 0 spiro atoms. The maximum Gasteiger partial charge on any atom is 0.131 e. The highest BCUT2D eigenvalue weighted by atomic mass is 19.1. The summed E-state index contributed by atoms with van der Waals surface area (Å²) in [4.78, 5) is 0. The molecule has 0 amide bonds. The van der Waals surface area contributed by atoms with Gasteiger partial charge in [0.25, 0.3) is 0 Å². The Labute approximate surface area is 120 Å². The van der Waals surface area contributed by atoms with E-state index in [1.165, 1.54) is 5.56 Å². The van der Waals surface area contributed by atoms with Crippen molar-refractivity contribution in [2.24, 2.45) is 0 Å². The monoisotopic (exact) mass is 271 g/mol. The van der Waals surface area contributed by atoms with Crippen LogP contribution in [-0.2, 0) is 6.54 Å². The van der Waals surface area contributed by atoms with Gasteiger partial charge >= 0.3 is 0 Å². The summed E-state index contributed by atoms with van der Waals surface area (Å²) in [6, 6.07) is 11.8. The topological polar surface area (TPSA) is 12.0 Å². The molecular weight excluding hydrogens is 249 g/mol. The van der Waals surface area contributed by atoms with E-state index in [1.54, 1.807) is 6.07 Å². The van der Waals surface area contributed by atoms with E-state index in [1.807, 2.05) is 32.0 Å². The van der Waals surface area contributed by atoms with Crippen molar-refractivity contribution < 1.29 is 4.39 Å². The molecule has 0 atom stereocenters. The molecule has 2 aromatic carbocycles. The highest BCUT2D eigenvalue weighted by Gasteiger charge is 2.09. The van der Waals surface area contributed by atoms with Gasteiger partial charge in [-0.2, -0.15) is 0 Å². The lowest BCUT2D eigenvalue weighted by Crippen LogP contribution is -2.13. The Morgan fingerprint density at radius 1 is 1.10 bits per heavy atom. The molecule has 0 unspecified atom stereocenters. The summed E-state index contributed by atoms with van der Waals surface area (Å²) in [5.74, 6) is -0.138. The minimum Gasteiger partial charge on any atom is -0.313 e. The van der Waals surface area contributed by atoms with Crippen LogP contribution in [-0.4, -0.2) is 6.54 Å². The summed E-state index contributed by atoms with van der Waals surface area (Å²) in [7, 11) is 0. The molecule has 0 aliphatic carbocycles. The molecule has 0 aliphatic heterocycles. The highest BCUT2D eigenvalue weighted by molar-refractivity contribution is 5.69. The zero-order valence-corrected chi connectivity index (χ0v) is 12.5. The lowest BCUT2D eigenvalue weighted by Gasteiger charge is -2.11.